The van der Waals surface area contributed by atoms with Crippen molar-refractivity contribution in [3.63, 3.8) is 0 Å². The number of carbonyl (C=O) groups excluding carboxylic acids is 1. The van der Waals surface area contributed by atoms with Crippen LogP contribution in [-0.4, -0.2) is 31.7 Å². The predicted molar refractivity (Wildman–Crippen MR) is 122 cm³/mol. The number of amides is 1. The molecule has 0 bridgehead atoms. The first-order valence-electron chi connectivity index (χ1n) is 10.1. The van der Waals surface area contributed by atoms with Crippen LogP contribution in [0.4, 0.5) is 5.69 Å². The molecule has 1 N–H and O–H groups in total. The summed E-state index contributed by atoms with van der Waals surface area (Å²) in [5.74, 6) is 1.23. The Morgan fingerprint density at radius 2 is 1.58 bits per heavy atom. The Balaban J connectivity index is 1.33. The second-order valence-corrected chi connectivity index (χ2v) is 10.8. The van der Waals surface area contributed by atoms with E-state index < -0.39 is 10.0 Å². The van der Waals surface area contributed by atoms with Gasteiger partial charge in [-0.25, -0.2) is 8.42 Å². The minimum Gasteiger partial charge on any atom is -0.457 e. The number of benzene rings is 2. The van der Waals surface area contributed by atoms with Gasteiger partial charge in [0.1, 0.15) is 15.7 Å². The van der Waals surface area contributed by atoms with Crippen molar-refractivity contribution < 1.29 is 17.9 Å². The second kappa shape index (κ2) is 9.21. The highest BCUT2D eigenvalue weighted by Crippen LogP contribution is 2.28. The highest BCUT2D eigenvalue weighted by atomic mass is 32.2. The maximum absolute atomic E-state index is 12.6. The summed E-state index contributed by atoms with van der Waals surface area (Å²) >= 11 is 1.16. The van der Waals surface area contributed by atoms with E-state index in [1.807, 2.05) is 31.2 Å². The molecule has 162 valence electrons. The first-order chi connectivity index (χ1) is 14.9. The Labute approximate surface area is 186 Å². The third-order valence-corrected chi connectivity index (χ3v) is 8.48. The third-order valence-electron chi connectivity index (χ3n) is 5.03. The summed E-state index contributed by atoms with van der Waals surface area (Å²) in [6.07, 6.45) is 1.92. The van der Waals surface area contributed by atoms with Gasteiger partial charge in [-0.3, -0.25) is 4.79 Å². The molecular weight excluding hydrogens is 432 g/mol. The summed E-state index contributed by atoms with van der Waals surface area (Å²) in [7, 11) is -3.44. The normalized spacial score (nSPS) is 14.5. The molecule has 1 amide bonds. The zero-order valence-corrected chi connectivity index (χ0v) is 18.8. The van der Waals surface area contributed by atoms with Crippen LogP contribution in [0.2, 0.25) is 0 Å². The van der Waals surface area contributed by atoms with Gasteiger partial charge < -0.3 is 10.1 Å². The number of hydrogen-bond donors (Lipinski definition) is 1. The lowest BCUT2D eigenvalue weighted by Crippen LogP contribution is -2.27. The zero-order valence-electron chi connectivity index (χ0n) is 17.2. The first-order valence-corrected chi connectivity index (χ1v) is 12.4. The molecule has 8 heteroatoms. The molecule has 1 aliphatic heterocycles. The highest BCUT2D eigenvalue weighted by molar-refractivity contribution is 7.91. The summed E-state index contributed by atoms with van der Waals surface area (Å²) in [4.78, 5) is 13.1. The molecule has 2 heterocycles. The van der Waals surface area contributed by atoms with Crippen molar-refractivity contribution in [2.24, 2.45) is 0 Å². The van der Waals surface area contributed by atoms with Gasteiger partial charge >= 0.3 is 0 Å². The van der Waals surface area contributed by atoms with Crippen LogP contribution in [0.5, 0.6) is 11.5 Å². The van der Waals surface area contributed by atoms with E-state index in [0.717, 1.165) is 40.4 Å². The highest BCUT2D eigenvalue weighted by Gasteiger charge is 2.28. The Kier molecular flexibility index (Phi) is 6.41. The van der Waals surface area contributed by atoms with E-state index in [1.165, 1.54) is 4.31 Å². The molecule has 1 fully saturated rings. The van der Waals surface area contributed by atoms with E-state index in [9.17, 15) is 13.2 Å². The number of thiophene rings is 1. The van der Waals surface area contributed by atoms with Gasteiger partial charge in [-0.2, -0.15) is 4.31 Å². The molecule has 0 radical (unpaired) electrons. The van der Waals surface area contributed by atoms with Gasteiger partial charge in [-0.05, 0) is 68.3 Å². The van der Waals surface area contributed by atoms with E-state index in [2.05, 4.69) is 5.32 Å². The summed E-state index contributed by atoms with van der Waals surface area (Å²) in [6.45, 7) is 3.16. The quantitative estimate of drug-likeness (QED) is 0.553. The SMILES string of the molecule is Cc1ccc(Oc2ccc(NC(=O)Cc3ccc(S(=O)(=O)N4CCCC4)s3)cc2)cc1. The molecule has 0 atom stereocenters. The minimum absolute atomic E-state index is 0.127. The largest absolute Gasteiger partial charge is 0.457 e. The molecule has 0 saturated carbocycles. The summed E-state index contributed by atoms with van der Waals surface area (Å²) < 4.78 is 32.9. The van der Waals surface area contributed by atoms with Crippen molar-refractivity contribution in [2.75, 3.05) is 18.4 Å². The van der Waals surface area contributed by atoms with Crippen molar-refractivity contribution in [1.82, 2.24) is 4.31 Å². The molecule has 3 aromatic rings. The Hall–Kier alpha value is -2.68. The van der Waals surface area contributed by atoms with Gasteiger partial charge in [0, 0.05) is 23.7 Å². The lowest BCUT2D eigenvalue weighted by molar-refractivity contribution is -0.115. The molecule has 0 unspecified atom stereocenters. The molecule has 1 aromatic heterocycles. The number of hydrogen-bond acceptors (Lipinski definition) is 5. The van der Waals surface area contributed by atoms with Gasteiger partial charge in [-0.15, -0.1) is 11.3 Å². The van der Waals surface area contributed by atoms with Crippen molar-refractivity contribution in [3.8, 4) is 11.5 Å². The maximum atomic E-state index is 12.6. The van der Waals surface area contributed by atoms with E-state index in [0.29, 0.717) is 28.7 Å². The third kappa shape index (κ3) is 5.33. The number of anilines is 1. The number of sulfonamides is 1. The van der Waals surface area contributed by atoms with E-state index in [4.69, 9.17) is 4.74 Å². The molecule has 1 saturated heterocycles. The maximum Gasteiger partial charge on any atom is 0.252 e. The number of nitrogens with zero attached hydrogens (tertiary/aromatic N) is 1. The summed E-state index contributed by atoms with van der Waals surface area (Å²) in [5, 5.41) is 2.84. The zero-order chi connectivity index (χ0) is 21.8. The Bertz CT molecular complexity index is 1150. The van der Waals surface area contributed by atoms with Crippen LogP contribution in [0.1, 0.15) is 23.3 Å². The van der Waals surface area contributed by atoms with Gasteiger partial charge in [0.15, 0.2) is 0 Å². The van der Waals surface area contributed by atoms with Crippen molar-refractivity contribution in [1.29, 1.82) is 0 Å². The van der Waals surface area contributed by atoms with E-state index in [1.54, 1.807) is 36.4 Å². The summed E-state index contributed by atoms with van der Waals surface area (Å²) in [5.41, 5.74) is 1.82. The number of carbonyl (C=O) groups is 1. The topological polar surface area (TPSA) is 75.7 Å². The monoisotopic (exact) mass is 456 g/mol. The smallest absolute Gasteiger partial charge is 0.252 e. The molecule has 4 rings (SSSR count). The fraction of sp³-hybridized carbons (Fsp3) is 0.261. The molecular formula is C23H24N2O4S2. The summed E-state index contributed by atoms with van der Waals surface area (Å²) in [6, 6.07) is 18.2. The Morgan fingerprint density at radius 1 is 0.968 bits per heavy atom. The number of aryl methyl sites for hydroxylation is 1. The molecule has 1 aliphatic rings. The molecule has 6 nitrogen and oxygen atoms in total. The van der Waals surface area contributed by atoms with E-state index >= 15 is 0 Å². The van der Waals surface area contributed by atoms with Crippen LogP contribution in [0.25, 0.3) is 0 Å². The van der Waals surface area contributed by atoms with Crippen LogP contribution >= 0.6 is 11.3 Å². The van der Waals surface area contributed by atoms with Crippen LogP contribution in [0.15, 0.2) is 64.9 Å². The van der Waals surface area contributed by atoms with Gasteiger partial charge in [-0.1, -0.05) is 17.7 Å². The first kappa shape index (κ1) is 21.5. The van der Waals surface area contributed by atoms with Crippen LogP contribution in [0, 0.1) is 6.92 Å². The lowest BCUT2D eigenvalue weighted by atomic mass is 10.2. The average molecular weight is 457 g/mol. The predicted octanol–water partition coefficient (Wildman–Crippen LogP) is 4.81. The number of nitrogens with one attached hydrogen (secondary N) is 1. The van der Waals surface area contributed by atoms with Crippen molar-refractivity contribution in [2.45, 2.75) is 30.4 Å². The standard InChI is InChI=1S/C23H24N2O4S2/c1-17-4-8-19(9-5-17)29-20-10-6-18(7-11-20)24-22(26)16-21-12-13-23(30-21)31(27,28)25-14-2-3-15-25/h4-13H,2-3,14-16H2,1H3,(H,24,26). The number of rotatable bonds is 7. The molecule has 31 heavy (non-hydrogen) atoms. The average Bonchev–Trinajstić information content (AvgIpc) is 3.44. The minimum atomic E-state index is -3.44. The van der Waals surface area contributed by atoms with Crippen LogP contribution in [0.3, 0.4) is 0 Å². The van der Waals surface area contributed by atoms with Gasteiger partial charge in [0.05, 0.1) is 6.42 Å². The van der Waals surface area contributed by atoms with E-state index in [-0.39, 0.29) is 12.3 Å². The van der Waals surface area contributed by atoms with Gasteiger partial charge in [0.2, 0.25) is 5.91 Å². The molecule has 0 spiro atoms. The van der Waals surface area contributed by atoms with Crippen LogP contribution in [-0.2, 0) is 21.2 Å². The number of ether oxygens (including phenoxy) is 1. The van der Waals surface area contributed by atoms with Gasteiger partial charge in [0.25, 0.3) is 10.0 Å². The molecule has 0 aliphatic carbocycles. The fourth-order valence-electron chi connectivity index (χ4n) is 3.36. The van der Waals surface area contributed by atoms with Crippen LogP contribution < -0.4 is 10.1 Å². The lowest BCUT2D eigenvalue weighted by Gasteiger charge is -2.13. The van der Waals surface area contributed by atoms with Crippen molar-refractivity contribution >= 4 is 33.0 Å². The van der Waals surface area contributed by atoms with Crippen molar-refractivity contribution in [3.05, 3.63) is 71.1 Å². The molecule has 2 aromatic carbocycles. The second-order valence-electron chi connectivity index (χ2n) is 7.50. The Morgan fingerprint density at radius 3 is 2.23 bits per heavy atom. The fourth-order valence-corrected chi connectivity index (χ4v) is 6.39.